The highest BCUT2D eigenvalue weighted by molar-refractivity contribution is 7.80. The fourth-order valence-corrected chi connectivity index (χ4v) is 2.25. The molecule has 0 aliphatic carbocycles. The molecule has 136 valence electrons. The van der Waals surface area contributed by atoms with Crippen molar-refractivity contribution < 1.29 is 14.3 Å². The molecule has 0 fully saturated rings. The number of thiocarbonyl (C=S) groups is 1. The number of hydrazone groups is 1. The Kier molecular flexibility index (Phi) is 7.57. The van der Waals surface area contributed by atoms with Crippen molar-refractivity contribution in [2.45, 2.75) is 13.8 Å². The maximum Gasteiger partial charge on any atom is 0.343 e. The summed E-state index contributed by atoms with van der Waals surface area (Å²) in [5.41, 5.74) is 3.97. The summed E-state index contributed by atoms with van der Waals surface area (Å²) >= 11 is 5.03. The first kappa shape index (κ1) is 19.4. The molecule has 0 atom stereocenters. The van der Waals surface area contributed by atoms with Gasteiger partial charge >= 0.3 is 5.97 Å². The van der Waals surface area contributed by atoms with Crippen LogP contribution >= 0.6 is 12.2 Å². The third kappa shape index (κ3) is 5.86. The predicted octanol–water partition coefficient (Wildman–Crippen LogP) is 3.12. The highest BCUT2D eigenvalue weighted by Crippen LogP contribution is 2.28. The second-order valence-electron chi connectivity index (χ2n) is 5.12. The van der Waals surface area contributed by atoms with Gasteiger partial charge in [0.25, 0.3) is 0 Å². The van der Waals surface area contributed by atoms with Crippen molar-refractivity contribution in [1.82, 2.24) is 10.7 Å². The lowest BCUT2D eigenvalue weighted by atomic mass is 10.2. The number of nitrogens with zero attached hydrogens (tertiary/aromatic N) is 1. The van der Waals surface area contributed by atoms with Gasteiger partial charge in [0.1, 0.15) is 0 Å². The topological polar surface area (TPSA) is 72.0 Å². The molecule has 6 nitrogen and oxygen atoms in total. The first-order valence-corrected chi connectivity index (χ1v) is 8.65. The van der Waals surface area contributed by atoms with E-state index in [-0.39, 0.29) is 0 Å². The average Bonchev–Trinajstić information content (AvgIpc) is 2.65. The Morgan fingerprint density at radius 2 is 1.92 bits per heavy atom. The lowest BCUT2D eigenvalue weighted by Gasteiger charge is -2.11. The number of rotatable bonds is 7. The lowest BCUT2D eigenvalue weighted by Crippen LogP contribution is -2.31. The van der Waals surface area contributed by atoms with Gasteiger partial charge in [-0.15, -0.1) is 0 Å². The largest absolute Gasteiger partial charge is 0.490 e. The molecule has 0 aromatic heterocycles. The minimum absolute atomic E-state index is 0.356. The zero-order valence-corrected chi connectivity index (χ0v) is 15.5. The molecule has 26 heavy (non-hydrogen) atoms. The molecule has 0 saturated heterocycles. The third-order valence-corrected chi connectivity index (χ3v) is 3.43. The average molecular weight is 371 g/mol. The van der Waals surface area contributed by atoms with Crippen LogP contribution in [0.3, 0.4) is 0 Å². The van der Waals surface area contributed by atoms with Crippen LogP contribution in [0.4, 0.5) is 0 Å². The monoisotopic (exact) mass is 371 g/mol. The van der Waals surface area contributed by atoms with E-state index in [4.69, 9.17) is 21.7 Å². The molecular formula is C19H21N3O3S. The van der Waals surface area contributed by atoms with Gasteiger partial charge < -0.3 is 14.8 Å². The molecule has 2 N–H and O–H groups in total. The van der Waals surface area contributed by atoms with Gasteiger partial charge in [-0.25, -0.2) is 4.79 Å². The molecule has 2 aromatic rings. The number of hydrogen-bond acceptors (Lipinski definition) is 5. The molecule has 2 rings (SSSR count). The Morgan fingerprint density at radius 3 is 2.62 bits per heavy atom. The molecule has 0 bridgehead atoms. The van der Waals surface area contributed by atoms with Gasteiger partial charge in [-0.2, -0.15) is 5.10 Å². The first-order chi connectivity index (χ1) is 12.6. The number of carbonyl (C=O) groups excluding carboxylic acids is 1. The van der Waals surface area contributed by atoms with Gasteiger partial charge in [0.05, 0.1) is 18.4 Å². The normalized spacial score (nSPS) is 10.4. The Labute approximate surface area is 158 Å². The quantitative estimate of drug-likeness (QED) is 0.256. The van der Waals surface area contributed by atoms with E-state index >= 15 is 0 Å². The van der Waals surface area contributed by atoms with Crippen molar-refractivity contribution in [1.29, 1.82) is 0 Å². The Morgan fingerprint density at radius 1 is 1.15 bits per heavy atom. The van der Waals surface area contributed by atoms with E-state index in [9.17, 15) is 4.79 Å². The van der Waals surface area contributed by atoms with E-state index in [0.29, 0.717) is 28.8 Å². The second-order valence-corrected chi connectivity index (χ2v) is 5.53. The summed E-state index contributed by atoms with van der Waals surface area (Å²) in [6.45, 7) is 4.97. The van der Waals surface area contributed by atoms with Crippen LogP contribution in [0.2, 0.25) is 0 Å². The molecule has 0 amide bonds. The summed E-state index contributed by atoms with van der Waals surface area (Å²) in [5, 5.41) is 7.44. The maximum absolute atomic E-state index is 12.2. The van der Waals surface area contributed by atoms with Gasteiger partial charge in [0.15, 0.2) is 16.6 Å². The molecule has 7 heteroatoms. The Bertz CT molecular complexity index is 779. The third-order valence-electron chi connectivity index (χ3n) is 3.20. The summed E-state index contributed by atoms with van der Waals surface area (Å²) in [4.78, 5) is 12.2. The zero-order chi connectivity index (χ0) is 18.8. The molecule has 0 heterocycles. The smallest absolute Gasteiger partial charge is 0.343 e. The summed E-state index contributed by atoms with van der Waals surface area (Å²) in [6.07, 6.45) is 1.61. The number of ether oxygens (including phenoxy) is 2. The van der Waals surface area contributed by atoms with Crippen LogP contribution in [0.25, 0.3) is 0 Å². The van der Waals surface area contributed by atoms with Crippen LogP contribution in [-0.2, 0) is 0 Å². The molecule has 0 aliphatic heterocycles. The van der Waals surface area contributed by atoms with E-state index in [1.807, 2.05) is 19.9 Å². The summed E-state index contributed by atoms with van der Waals surface area (Å²) in [5.74, 6) is 0.384. The number of hydrogen-bond donors (Lipinski definition) is 2. The van der Waals surface area contributed by atoms with Gasteiger partial charge in [-0.1, -0.05) is 18.2 Å². The number of nitrogens with one attached hydrogen (secondary N) is 2. The summed E-state index contributed by atoms with van der Waals surface area (Å²) in [6, 6.07) is 14.0. The standard InChI is InChI=1S/C19H21N3O3S/c1-3-20-19(26)22-21-13-14-10-11-16(17(12-14)24-4-2)25-18(23)15-8-6-5-7-9-15/h5-13H,3-4H2,1-2H3,(H2,20,22,26)/b21-13+. The van der Waals surface area contributed by atoms with Crippen LogP contribution < -0.4 is 20.2 Å². The number of esters is 1. The van der Waals surface area contributed by atoms with Crippen molar-refractivity contribution in [3.8, 4) is 11.5 Å². The maximum atomic E-state index is 12.2. The summed E-state index contributed by atoms with van der Waals surface area (Å²) < 4.78 is 11.0. The number of benzene rings is 2. The second kappa shape index (κ2) is 10.1. The van der Waals surface area contributed by atoms with E-state index in [0.717, 1.165) is 12.1 Å². The minimum atomic E-state index is -0.439. The molecule has 2 aromatic carbocycles. The Hall–Kier alpha value is -2.93. The predicted molar refractivity (Wildman–Crippen MR) is 106 cm³/mol. The molecule has 0 spiro atoms. The van der Waals surface area contributed by atoms with Crippen LogP contribution in [0, 0.1) is 0 Å². The first-order valence-electron chi connectivity index (χ1n) is 8.25. The molecule has 0 aliphatic rings. The van der Waals surface area contributed by atoms with Crippen molar-refractivity contribution in [2.75, 3.05) is 13.2 Å². The summed E-state index contributed by atoms with van der Waals surface area (Å²) in [7, 11) is 0. The van der Waals surface area contributed by atoms with Gasteiger partial charge in [-0.05, 0) is 62.0 Å². The van der Waals surface area contributed by atoms with Crippen LogP contribution in [0.5, 0.6) is 11.5 Å². The van der Waals surface area contributed by atoms with Crippen LogP contribution in [0.1, 0.15) is 29.8 Å². The molecular weight excluding hydrogens is 350 g/mol. The lowest BCUT2D eigenvalue weighted by molar-refractivity contribution is 0.0728. The Balaban J connectivity index is 2.11. The van der Waals surface area contributed by atoms with E-state index < -0.39 is 5.97 Å². The fourth-order valence-electron chi connectivity index (χ4n) is 2.06. The van der Waals surface area contributed by atoms with Crippen molar-refractivity contribution in [3.63, 3.8) is 0 Å². The van der Waals surface area contributed by atoms with Crippen molar-refractivity contribution in [2.24, 2.45) is 5.10 Å². The van der Waals surface area contributed by atoms with Crippen LogP contribution in [-0.4, -0.2) is 30.4 Å². The van der Waals surface area contributed by atoms with E-state index in [1.54, 1.807) is 48.7 Å². The van der Waals surface area contributed by atoms with E-state index in [1.165, 1.54) is 0 Å². The molecule has 0 radical (unpaired) electrons. The van der Waals surface area contributed by atoms with Gasteiger partial charge in [0, 0.05) is 6.54 Å². The molecule has 0 unspecified atom stereocenters. The molecule has 0 saturated carbocycles. The van der Waals surface area contributed by atoms with Gasteiger partial charge in [0.2, 0.25) is 0 Å². The van der Waals surface area contributed by atoms with Crippen molar-refractivity contribution >= 4 is 29.5 Å². The highest BCUT2D eigenvalue weighted by atomic mass is 32.1. The van der Waals surface area contributed by atoms with Crippen molar-refractivity contribution in [3.05, 3.63) is 59.7 Å². The van der Waals surface area contributed by atoms with Crippen LogP contribution in [0.15, 0.2) is 53.6 Å². The van der Waals surface area contributed by atoms with Gasteiger partial charge in [-0.3, -0.25) is 5.43 Å². The zero-order valence-electron chi connectivity index (χ0n) is 14.7. The highest BCUT2D eigenvalue weighted by Gasteiger charge is 2.12. The number of carbonyl (C=O) groups is 1. The van der Waals surface area contributed by atoms with E-state index in [2.05, 4.69) is 15.8 Å². The fraction of sp³-hybridized carbons (Fsp3) is 0.211. The minimum Gasteiger partial charge on any atom is -0.490 e. The SMILES string of the molecule is CCNC(=S)N/N=C/c1ccc(OC(=O)c2ccccc2)c(OCC)c1.